The highest BCUT2D eigenvalue weighted by Crippen LogP contribution is 2.35. The highest BCUT2D eigenvalue weighted by molar-refractivity contribution is 7.91. The van der Waals surface area contributed by atoms with Crippen molar-refractivity contribution in [2.75, 3.05) is 42.6 Å². The molecule has 13 heteroatoms. The second-order valence-corrected chi connectivity index (χ2v) is 9.25. The first-order valence-corrected chi connectivity index (χ1v) is 10.9. The summed E-state index contributed by atoms with van der Waals surface area (Å²) in [6, 6.07) is 2.79. The molecule has 1 atom stereocenters. The van der Waals surface area contributed by atoms with Gasteiger partial charge in [0.1, 0.15) is 18.3 Å². The van der Waals surface area contributed by atoms with Gasteiger partial charge in [-0.3, -0.25) is 29.4 Å². The second-order valence-electron chi connectivity index (χ2n) is 6.94. The Labute approximate surface area is 171 Å². The molecule has 12 nitrogen and oxygen atoms in total. The molecule has 1 unspecified atom stereocenters. The number of nitro benzene ring substituents is 1. The van der Waals surface area contributed by atoms with Gasteiger partial charge in [0.25, 0.3) is 11.6 Å². The number of carbonyl (C=O) groups excluding carboxylic acids is 3. The van der Waals surface area contributed by atoms with Crippen LogP contribution in [0.3, 0.4) is 0 Å². The second kappa shape index (κ2) is 8.26. The van der Waals surface area contributed by atoms with Crippen molar-refractivity contribution in [1.29, 1.82) is 0 Å². The summed E-state index contributed by atoms with van der Waals surface area (Å²) in [6.45, 7) is 0.793. The molecule has 1 aromatic rings. The molecule has 1 saturated heterocycles. The van der Waals surface area contributed by atoms with Gasteiger partial charge in [0.2, 0.25) is 11.8 Å². The van der Waals surface area contributed by atoms with Gasteiger partial charge < -0.3 is 15.0 Å². The highest BCUT2D eigenvalue weighted by Gasteiger charge is 2.31. The topological polar surface area (TPSA) is 156 Å². The van der Waals surface area contributed by atoms with Crippen molar-refractivity contribution in [3.05, 3.63) is 28.3 Å². The van der Waals surface area contributed by atoms with E-state index >= 15 is 0 Å². The van der Waals surface area contributed by atoms with Gasteiger partial charge in [0.05, 0.1) is 22.1 Å². The van der Waals surface area contributed by atoms with Crippen molar-refractivity contribution >= 4 is 38.9 Å². The summed E-state index contributed by atoms with van der Waals surface area (Å²) in [5.74, 6) is -1.66. The fourth-order valence-electron chi connectivity index (χ4n) is 3.18. The molecule has 0 radical (unpaired) electrons. The Kier molecular flexibility index (Phi) is 5.92. The average molecular weight is 440 g/mol. The third kappa shape index (κ3) is 4.67. The van der Waals surface area contributed by atoms with E-state index < -0.39 is 45.1 Å². The van der Waals surface area contributed by atoms with Gasteiger partial charge in [0, 0.05) is 25.2 Å². The number of rotatable bonds is 5. The lowest BCUT2D eigenvalue weighted by molar-refractivity contribution is -0.384. The van der Waals surface area contributed by atoms with Crippen LogP contribution >= 0.6 is 0 Å². The molecule has 1 aromatic carbocycles. The number of benzene rings is 1. The van der Waals surface area contributed by atoms with Gasteiger partial charge in [-0.25, -0.2) is 8.42 Å². The van der Waals surface area contributed by atoms with E-state index in [4.69, 9.17) is 4.74 Å². The van der Waals surface area contributed by atoms with E-state index in [2.05, 4.69) is 5.32 Å². The monoisotopic (exact) mass is 440 g/mol. The molecule has 162 valence electrons. The molecule has 0 bridgehead atoms. The van der Waals surface area contributed by atoms with Gasteiger partial charge in [-0.15, -0.1) is 0 Å². The summed E-state index contributed by atoms with van der Waals surface area (Å²) < 4.78 is 28.2. The van der Waals surface area contributed by atoms with Crippen LogP contribution in [0.1, 0.15) is 6.92 Å². The SMILES string of the molecule is CC(NC(=O)CN1C(=O)COc2ccc([N+](=O)[O-])cc21)C(=O)N1CCS(=O)(=O)CC1. The largest absolute Gasteiger partial charge is 0.482 e. The zero-order chi connectivity index (χ0) is 22.1. The Balaban J connectivity index is 1.66. The van der Waals surface area contributed by atoms with Gasteiger partial charge in [-0.05, 0) is 13.0 Å². The number of amides is 3. The molecule has 1 fully saturated rings. The van der Waals surface area contributed by atoms with E-state index in [1.54, 1.807) is 0 Å². The van der Waals surface area contributed by atoms with Crippen LogP contribution in [-0.2, 0) is 24.2 Å². The summed E-state index contributed by atoms with van der Waals surface area (Å²) in [7, 11) is -3.15. The smallest absolute Gasteiger partial charge is 0.271 e. The minimum absolute atomic E-state index is 0.0559. The van der Waals surface area contributed by atoms with E-state index in [1.807, 2.05) is 0 Å². The number of anilines is 1. The number of hydrogen-bond donors (Lipinski definition) is 1. The Hall–Kier alpha value is -3.22. The number of fused-ring (bicyclic) bond motifs is 1. The molecule has 2 heterocycles. The summed E-state index contributed by atoms with van der Waals surface area (Å²) in [5.41, 5.74) is -0.170. The molecule has 30 heavy (non-hydrogen) atoms. The highest BCUT2D eigenvalue weighted by atomic mass is 32.2. The molecule has 0 aliphatic carbocycles. The maximum atomic E-state index is 12.5. The summed E-state index contributed by atoms with van der Waals surface area (Å²) in [6.07, 6.45) is 0. The van der Waals surface area contributed by atoms with Crippen molar-refractivity contribution in [3.8, 4) is 5.75 Å². The van der Waals surface area contributed by atoms with Crippen LogP contribution in [0, 0.1) is 10.1 Å². The third-order valence-corrected chi connectivity index (χ3v) is 6.41. The minimum Gasteiger partial charge on any atom is -0.482 e. The molecule has 3 amide bonds. The van der Waals surface area contributed by atoms with E-state index in [0.717, 1.165) is 11.0 Å². The number of nitrogens with one attached hydrogen (secondary N) is 1. The van der Waals surface area contributed by atoms with Crippen molar-refractivity contribution in [3.63, 3.8) is 0 Å². The number of nitrogens with zero attached hydrogens (tertiary/aromatic N) is 3. The Bertz CT molecular complexity index is 995. The lowest BCUT2D eigenvalue weighted by Gasteiger charge is -2.31. The fraction of sp³-hybridized carbons (Fsp3) is 0.471. The maximum absolute atomic E-state index is 12.5. The van der Waals surface area contributed by atoms with Crippen LogP contribution in [0.25, 0.3) is 0 Å². The van der Waals surface area contributed by atoms with Crippen molar-refractivity contribution < 1.29 is 32.5 Å². The molecule has 0 saturated carbocycles. The number of sulfone groups is 1. The molecule has 0 aromatic heterocycles. The summed E-state index contributed by atoms with van der Waals surface area (Å²) in [4.78, 5) is 49.9. The lowest BCUT2D eigenvalue weighted by Crippen LogP contribution is -2.53. The van der Waals surface area contributed by atoms with Crippen LogP contribution in [0.5, 0.6) is 5.75 Å². The first kappa shape index (κ1) is 21.5. The number of nitro groups is 1. The summed E-state index contributed by atoms with van der Waals surface area (Å²) >= 11 is 0. The number of hydrogen-bond acceptors (Lipinski definition) is 8. The van der Waals surface area contributed by atoms with E-state index in [-0.39, 0.29) is 48.3 Å². The van der Waals surface area contributed by atoms with Gasteiger partial charge >= 0.3 is 0 Å². The quantitative estimate of drug-likeness (QED) is 0.455. The number of carbonyl (C=O) groups is 3. The third-order valence-electron chi connectivity index (χ3n) is 4.80. The average Bonchev–Trinajstić information content (AvgIpc) is 2.69. The standard InChI is InChI=1S/C17H20N4O8S/c1-11(17(24)19-4-6-30(27,28)7-5-19)18-15(22)9-20-13-8-12(21(25)26)2-3-14(13)29-10-16(20)23/h2-3,8,11H,4-7,9-10H2,1H3,(H,18,22). The van der Waals surface area contributed by atoms with Crippen LogP contribution < -0.4 is 15.0 Å². The Morgan fingerprint density at radius 2 is 1.97 bits per heavy atom. The predicted molar refractivity (Wildman–Crippen MR) is 104 cm³/mol. The molecule has 2 aliphatic heterocycles. The minimum atomic E-state index is -3.15. The Morgan fingerprint density at radius 1 is 1.30 bits per heavy atom. The zero-order valence-corrected chi connectivity index (χ0v) is 16.9. The van der Waals surface area contributed by atoms with Crippen LogP contribution in [0.2, 0.25) is 0 Å². The van der Waals surface area contributed by atoms with Gasteiger partial charge in [0.15, 0.2) is 16.4 Å². The molecule has 3 rings (SSSR count). The van der Waals surface area contributed by atoms with E-state index in [1.165, 1.54) is 24.0 Å². The lowest BCUT2D eigenvalue weighted by atomic mass is 10.2. The fourth-order valence-corrected chi connectivity index (χ4v) is 4.38. The Morgan fingerprint density at radius 3 is 2.60 bits per heavy atom. The zero-order valence-electron chi connectivity index (χ0n) is 16.1. The molecule has 1 N–H and O–H groups in total. The van der Waals surface area contributed by atoms with Crippen molar-refractivity contribution in [2.24, 2.45) is 0 Å². The molecule has 2 aliphatic rings. The van der Waals surface area contributed by atoms with E-state index in [9.17, 15) is 32.9 Å². The summed E-state index contributed by atoms with van der Waals surface area (Å²) in [5, 5.41) is 13.5. The predicted octanol–water partition coefficient (Wildman–Crippen LogP) is -0.918. The van der Waals surface area contributed by atoms with Gasteiger partial charge in [-0.1, -0.05) is 0 Å². The molecular formula is C17H20N4O8S. The molecular weight excluding hydrogens is 420 g/mol. The van der Waals surface area contributed by atoms with Crippen LogP contribution in [0.15, 0.2) is 18.2 Å². The van der Waals surface area contributed by atoms with Crippen molar-refractivity contribution in [2.45, 2.75) is 13.0 Å². The first-order chi connectivity index (χ1) is 14.1. The van der Waals surface area contributed by atoms with E-state index in [0.29, 0.717) is 0 Å². The van der Waals surface area contributed by atoms with Crippen molar-refractivity contribution in [1.82, 2.24) is 10.2 Å². The number of ether oxygens (including phenoxy) is 1. The normalized spacial score (nSPS) is 18.8. The molecule has 0 spiro atoms. The van der Waals surface area contributed by atoms with Gasteiger partial charge in [-0.2, -0.15) is 0 Å². The maximum Gasteiger partial charge on any atom is 0.271 e. The van der Waals surface area contributed by atoms with Crippen LogP contribution in [0.4, 0.5) is 11.4 Å². The van der Waals surface area contributed by atoms with Crippen LogP contribution in [-0.4, -0.2) is 79.8 Å². The first-order valence-electron chi connectivity index (χ1n) is 9.07. The number of non-ortho nitro benzene ring substituents is 1.